The molecule has 27 heavy (non-hydrogen) atoms. The number of carbonyl (C=O) groups excluding carboxylic acids is 2. The van der Waals surface area contributed by atoms with Crippen molar-refractivity contribution in [1.29, 1.82) is 0 Å². The third-order valence-corrected chi connectivity index (χ3v) is 5.97. The summed E-state index contributed by atoms with van der Waals surface area (Å²) in [5.74, 6) is 0.684. The minimum atomic E-state index is -0.498. The van der Waals surface area contributed by atoms with Gasteiger partial charge in [0.25, 0.3) is 0 Å². The molecule has 1 saturated heterocycles. The standard InChI is InChI=1S/C20H32N2O3.C2H6/c1-13(2)15-8-20(9-15)10-16(11-20)21-17(23)14-6-7-22(12-14)18(24)25-19(3,4)5;1-2/h14-16H,1,6-12H2,2-5H3,(H,21,23);1-2H3. The van der Waals surface area contributed by atoms with Crippen LogP contribution in [0.5, 0.6) is 0 Å². The number of hydrogen-bond acceptors (Lipinski definition) is 3. The summed E-state index contributed by atoms with van der Waals surface area (Å²) in [7, 11) is 0. The van der Waals surface area contributed by atoms with Crippen LogP contribution >= 0.6 is 0 Å². The van der Waals surface area contributed by atoms with Gasteiger partial charge in [0.1, 0.15) is 5.60 Å². The number of rotatable bonds is 3. The average Bonchev–Trinajstić information content (AvgIpc) is 2.98. The normalized spacial score (nSPS) is 31.9. The van der Waals surface area contributed by atoms with E-state index in [-0.39, 0.29) is 17.9 Å². The quantitative estimate of drug-likeness (QED) is 0.735. The van der Waals surface area contributed by atoms with E-state index in [0.717, 1.165) is 19.3 Å². The number of likely N-dealkylation sites (tertiary alicyclic amines) is 1. The van der Waals surface area contributed by atoms with Crippen LogP contribution in [-0.2, 0) is 9.53 Å². The van der Waals surface area contributed by atoms with E-state index in [1.54, 1.807) is 4.90 Å². The molecule has 3 fully saturated rings. The van der Waals surface area contributed by atoms with E-state index in [1.807, 2.05) is 34.6 Å². The molecule has 1 N–H and O–H groups in total. The van der Waals surface area contributed by atoms with Gasteiger partial charge in [-0.2, -0.15) is 0 Å². The van der Waals surface area contributed by atoms with E-state index >= 15 is 0 Å². The zero-order chi connectivity index (χ0) is 20.4. The van der Waals surface area contributed by atoms with Crippen LogP contribution < -0.4 is 5.32 Å². The van der Waals surface area contributed by atoms with Crippen molar-refractivity contribution < 1.29 is 14.3 Å². The predicted molar refractivity (Wildman–Crippen MR) is 108 cm³/mol. The highest BCUT2D eigenvalue weighted by atomic mass is 16.6. The molecule has 1 aliphatic heterocycles. The lowest BCUT2D eigenvalue weighted by atomic mass is 9.49. The van der Waals surface area contributed by atoms with Gasteiger partial charge in [0.05, 0.1) is 5.92 Å². The summed E-state index contributed by atoms with van der Waals surface area (Å²) in [6, 6.07) is 0.314. The van der Waals surface area contributed by atoms with Gasteiger partial charge >= 0.3 is 6.09 Å². The molecule has 0 aromatic heterocycles. The van der Waals surface area contributed by atoms with Crippen LogP contribution in [0.3, 0.4) is 0 Å². The molecule has 1 unspecified atom stereocenters. The highest BCUT2D eigenvalue weighted by Gasteiger charge is 2.53. The minimum absolute atomic E-state index is 0.0988. The van der Waals surface area contributed by atoms with Crippen molar-refractivity contribution in [3.63, 3.8) is 0 Å². The maximum atomic E-state index is 12.5. The molecule has 0 radical (unpaired) electrons. The SMILES string of the molecule is C=C(C)C1CC2(CC(NC(=O)C3CCN(C(=O)OC(C)(C)C)C3)C2)C1.CC. The number of ether oxygens (including phenoxy) is 1. The van der Waals surface area contributed by atoms with Gasteiger partial charge in [-0.1, -0.05) is 26.0 Å². The molecule has 0 aromatic carbocycles. The summed E-state index contributed by atoms with van der Waals surface area (Å²) in [4.78, 5) is 26.2. The Morgan fingerprint density at radius 2 is 1.70 bits per heavy atom. The van der Waals surface area contributed by atoms with Gasteiger partial charge in [0.15, 0.2) is 0 Å². The Morgan fingerprint density at radius 1 is 1.11 bits per heavy atom. The number of carbonyl (C=O) groups is 2. The molecule has 1 heterocycles. The highest BCUT2D eigenvalue weighted by Crippen LogP contribution is 2.60. The van der Waals surface area contributed by atoms with Gasteiger partial charge in [-0.25, -0.2) is 4.79 Å². The van der Waals surface area contributed by atoms with E-state index in [1.165, 1.54) is 18.4 Å². The molecule has 0 aromatic rings. The molecule has 1 spiro atoms. The second kappa shape index (κ2) is 8.24. The molecule has 2 amide bonds. The molecule has 3 aliphatic rings. The van der Waals surface area contributed by atoms with Gasteiger partial charge in [-0.15, -0.1) is 0 Å². The average molecular weight is 379 g/mol. The van der Waals surface area contributed by atoms with E-state index < -0.39 is 5.60 Å². The van der Waals surface area contributed by atoms with Gasteiger partial charge in [-0.05, 0) is 71.1 Å². The van der Waals surface area contributed by atoms with Gasteiger partial charge < -0.3 is 15.0 Å². The second-order valence-electron chi connectivity index (χ2n) is 9.48. The minimum Gasteiger partial charge on any atom is -0.444 e. The summed E-state index contributed by atoms with van der Waals surface area (Å²) in [6.45, 7) is 16.8. The third kappa shape index (κ3) is 5.26. The van der Waals surface area contributed by atoms with Gasteiger partial charge in [-0.3, -0.25) is 4.79 Å². The van der Waals surface area contributed by atoms with Gasteiger partial charge in [0.2, 0.25) is 5.91 Å². The second-order valence-corrected chi connectivity index (χ2v) is 9.48. The van der Waals surface area contributed by atoms with Crippen molar-refractivity contribution >= 4 is 12.0 Å². The van der Waals surface area contributed by atoms with Crippen molar-refractivity contribution in [2.75, 3.05) is 13.1 Å². The van der Waals surface area contributed by atoms with E-state index in [0.29, 0.717) is 30.5 Å². The largest absolute Gasteiger partial charge is 0.444 e. The lowest BCUT2D eigenvalue weighted by Gasteiger charge is -2.58. The molecule has 2 aliphatic carbocycles. The smallest absolute Gasteiger partial charge is 0.410 e. The molecule has 5 nitrogen and oxygen atoms in total. The summed E-state index contributed by atoms with van der Waals surface area (Å²) in [6.07, 6.45) is 5.09. The van der Waals surface area contributed by atoms with Crippen molar-refractivity contribution in [3.8, 4) is 0 Å². The first-order valence-electron chi connectivity index (χ1n) is 10.5. The molecule has 3 rings (SSSR count). The Labute approximate surface area is 164 Å². The summed E-state index contributed by atoms with van der Waals surface area (Å²) in [5.41, 5.74) is 1.27. The number of nitrogens with zero attached hydrogens (tertiary/aromatic N) is 1. The fourth-order valence-corrected chi connectivity index (χ4v) is 4.54. The van der Waals surface area contributed by atoms with E-state index in [9.17, 15) is 9.59 Å². The molecular weight excluding hydrogens is 340 g/mol. The Bertz CT molecular complexity index is 565. The number of nitrogens with one attached hydrogen (secondary N) is 1. The number of hydrogen-bond donors (Lipinski definition) is 1. The number of allylic oxidation sites excluding steroid dienone is 1. The summed E-state index contributed by atoms with van der Waals surface area (Å²) >= 11 is 0. The van der Waals surface area contributed by atoms with Crippen molar-refractivity contribution in [2.45, 2.75) is 85.3 Å². The summed E-state index contributed by atoms with van der Waals surface area (Å²) < 4.78 is 5.39. The molecule has 154 valence electrons. The first kappa shape index (κ1) is 21.8. The Morgan fingerprint density at radius 3 is 2.22 bits per heavy atom. The Kier molecular flexibility index (Phi) is 6.64. The first-order valence-corrected chi connectivity index (χ1v) is 10.5. The zero-order valence-electron chi connectivity index (χ0n) is 18.1. The topological polar surface area (TPSA) is 58.6 Å². The fourth-order valence-electron chi connectivity index (χ4n) is 4.54. The van der Waals surface area contributed by atoms with Crippen LogP contribution in [0, 0.1) is 17.3 Å². The first-order chi connectivity index (χ1) is 12.6. The molecule has 0 bridgehead atoms. The van der Waals surface area contributed by atoms with Crippen LogP contribution in [0.1, 0.15) is 73.6 Å². The molecule has 2 saturated carbocycles. The van der Waals surface area contributed by atoms with E-state index in [4.69, 9.17) is 4.74 Å². The fraction of sp³-hybridized carbons (Fsp3) is 0.818. The molecule has 5 heteroatoms. The third-order valence-electron chi connectivity index (χ3n) is 5.97. The van der Waals surface area contributed by atoms with Crippen LogP contribution in [0.2, 0.25) is 0 Å². The van der Waals surface area contributed by atoms with Crippen LogP contribution in [-0.4, -0.2) is 41.6 Å². The van der Waals surface area contributed by atoms with E-state index in [2.05, 4.69) is 18.8 Å². The van der Waals surface area contributed by atoms with Crippen molar-refractivity contribution in [1.82, 2.24) is 10.2 Å². The van der Waals surface area contributed by atoms with Crippen LogP contribution in [0.4, 0.5) is 4.79 Å². The zero-order valence-corrected chi connectivity index (χ0v) is 18.1. The van der Waals surface area contributed by atoms with Crippen LogP contribution in [0.15, 0.2) is 12.2 Å². The molecule has 1 atom stereocenters. The van der Waals surface area contributed by atoms with Crippen LogP contribution in [0.25, 0.3) is 0 Å². The Balaban J connectivity index is 0.00000126. The predicted octanol–water partition coefficient (Wildman–Crippen LogP) is 4.52. The molecular formula is C22H38N2O3. The maximum absolute atomic E-state index is 12.5. The highest BCUT2D eigenvalue weighted by molar-refractivity contribution is 5.81. The van der Waals surface area contributed by atoms with Crippen molar-refractivity contribution in [2.24, 2.45) is 17.3 Å². The Hall–Kier alpha value is -1.52. The maximum Gasteiger partial charge on any atom is 0.410 e. The summed E-state index contributed by atoms with van der Waals surface area (Å²) in [5, 5.41) is 3.19. The monoisotopic (exact) mass is 378 g/mol. The van der Waals surface area contributed by atoms with Crippen molar-refractivity contribution in [3.05, 3.63) is 12.2 Å². The van der Waals surface area contributed by atoms with Gasteiger partial charge in [0, 0.05) is 19.1 Å². The lowest BCUT2D eigenvalue weighted by Crippen LogP contribution is -2.57. The number of amides is 2. The lowest BCUT2D eigenvalue weighted by molar-refractivity contribution is -0.128.